The number of aromatic amines is 1. The number of benzene rings is 3. The molecule has 0 amide bonds. The third kappa shape index (κ3) is 3.59. The first-order chi connectivity index (χ1) is 15.9. The zero-order valence-corrected chi connectivity index (χ0v) is 18.8. The molecule has 1 aliphatic heterocycles. The molecule has 1 aliphatic rings. The van der Waals surface area contributed by atoms with Gasteiger partial charge in [0.05, 0.1) is 38.8 Å². The molecule has 0 unspecified atom stereocenters. The van der Waals surface area contributed by atoms with E-state index in [0.29, 0.717) is 30.0 Å². The van der Waals surface area contributed by atoms with Crippen LogP contribution in [0.4, 0.5) is 5.69 Å². The first-order valence-corrected chi connectivity index (χ1v) is 12.0. The third-order valence-corrected chi connectivity index (χ3v) is 7.58. The standard InChI is InChI=1S/C23H18ClN3O5S/c24-17-11-10-15(33(30,31)26-12-5-13-32-21-9-4-3-8-19(21)26)14-20(17)27-22(28)16-6-1-2-7-18(16)25-23(27)29/h1-4,6-11,14H,5,12-13H2,(H,25,29). The average Bonchev–Trinajstić information content (AvgIpc) is 3.03. The summed E-state index contributed by atoms with van der Waals surface area (Å²) in [4.78, 5) is 28.4. The maximum atomic E-state index is 13.6. The summed E-state index contributed by atoms with van der Waals surface area (Å²) < 4.78 is 35.1. The van der Waals surface area contributed by atoms with E-state index in [-0.39, 0.29) is 27.5 Å². The molecule has 33 heavy (non-hydrogen) atoms. The van der Waals surface area contributed by atoms with Crippen molar-refractivity contribution >= 4 is 38.2 Å². The van der Waals surface area contributed by atoms with Gasteiger partial charge < -0.3 is 9.72 Å². The normalized spacial score (nSPS) is 13.9. The average molecular weight is 484 g/mol. The molecule has 168 valence electrons. The molecular formula is C23H18ClN3O5S. The van der Waals surface area contributed by atoms with Gasteiger partial charge in [0, 0.05) is 13.0 Å². The molecule has 0 atom stereocenters. The van der Waals surface area contributed by atoms with E-state index >= 15 is 0 Å². The lowest BCUT2D eigenvalue weighted by Gasteiger charge is -2.24. The monoisotopic (exact) mass is 483 g/mol. The van der Waals surface area contributed by atoms with Crippen LogP contribution in [0.15, 0.2) is 81.2 Å². The highest BCUT2D eigenvalue weighted by Gasteiger charge is 2.29. The van der Waals surface area contributed by atoms with Gasteiger partial charge in [-0.05, 0) is 42.5 Å². The number of rotatable bonds is 3. The van der Waals surface area contributed by atoms with Crippen LogP contribution in [0, 0.1) is 0 Å². The van der Waals surface area contributed by atoms with Crippen molar-refractivity contribution in [3.63, 3.8) is 0 Å². The molecule has 5 rings (SSSR count). The summed E-state index contributed by atoms with van der Waals surface area (Å²) in [7, 11) is -4.05. The number of hydrogen-bond donors (Lipinski definition) is 1. The van der Waals surface area contributed by atoms with Gasteiger partial charge >= 0.3 is 5.69 Å². The molecule has 1 aromatic heterocycles. The van der Waals surface area contributed by atoms with Crippen molar-refractivity contribution in [3.8, 4) is 11.4 Å². The lowest BCUT2D eigenvalue weighted by molar-refractivity contribution is 0.322. The van der Waals surface area contributed by atoms with Crippen molar-refractivity contribution in [3.05, 3.63) is 92.6 Å². The van der Waals surface area contributed by atoms with Crippen molar-refractivity contribution in [1.82, 2.24) is 9.55 Å². The van der Waals surface area contributed by atoms with Crippen LogP contribution in [-0.4, -0.2) is 31.1 Å². The van der Waals surface area contributed by atoms with Gasteiger partial charge in [-0.2, -0.15) is 0 Å². The second kappa shape index (κ2) is 8.09. The highest BCUT2D eigenvalue weighted by atomic mass is 35.5. The Kier molecular flexibility index (Phi) is 5.22. The number of nitrogens with zero attached hydrogens (tertiary/aromatic N) is 2. The fourth-order valence-electron chi connectivity index (χ4n) is 3.88. The van der Waals surface area contributed by atoms with Gasteiger partial charge in [0.15, 0.2) is 0 Å². The molecule has 4 aromatic rings. The molecule has 0 bridgehead atoms. The van der Waals surface area contributed by atoms with E-state index in [1.807, 2.05) is 0 Å². The minimum absolute atomic E-state index is 0.0194. The summed E-state index contributed by atoms with van der Waals surface area (Å²) >= 11 is 6.33. The molecule has 3 aromatic carbocycles. The van der Waals surface area contributed by atoms with Crippen LogP contribution in [0.25, 0.3) is 16.6 Å². The van der Waals surface area contributed by atoms with Crippen LogP contribution in [0.5, 0.6) is 5.75 Å². The van der Waals surface area contributed by atoms with Gasteiger partial charge in [-0.1, -0.05) is 35.9 Å². The van der Waals surface area contributed by atoms with E-state index in [9.17, 15) is 18.0 Å². The molecule has 0 saturated carbocycles. The Morgan fingerprint density at radius 2 is 1.70 bits per heavy atom. The van der Waals surface area contributed by atoms with E-state index in [1.165, 1.54) is 22.5 Å². The highest BCUT2D eigenvalue weighted by Crippen LogP contribution is 2.35. The zero-order valence-electron chi connectivity index (χ0n) is 17.2. The molecular weight excluding hydrogens is 466 g/mol. The number of nitrogens with one attached hydrogen (secondary N) is 1. The maximum absolute atomic E-state index is 13.6. The summed E-state index contributed by atoms with van der Waals surface area (Å²) in [5.74, 6) is 0.468. The van der Waals surface area contributed by atoms with Gasteiger partial charge in [0.2, 0.25) is 0 Å². The van der Waals surface area contributed by atoms with Crippen molar-refractivity contribution < 1.29 is 13.2 Å². The maximum Gasteiger partial charge on any atom is 0.333 e. The fraction of sp³-hybridized carbons (Fsp3) is 0.130. The van der Waals surface area contributed by atoms with Gasteiger partial charge in [-0.25, -0.2) is 17.8 Å². The number of hydrogen-bond acceptors (Lipinski definition) is 5. The predicted molar refractivity (Wildman–Crippen MR) is 126 cm³/mol. The lowest BCUT2D eigenvalue weighted by atomic mass is 10.2. The molecule has 0 aliphatic carbocycles. The van der Waals surface area contributed by atoms with Gasteiger partial charge in [0.25, 0.3) is 15.6 Å². The van der Waals surface area contributed by atoms with Gasteiger partial charge in [0.1, 0.15) is 5.75 Å². The summed E-state index contributed by atoms with van der Waals surface area (Å²) in [6.07, 6.45) is 0.498. The number of H-pyrrole nitrogens is 1. The Bertz CT molecular complexity index is 1610. The Balaban J connectivity index is 1.69. The zero-order chi connectivity index (χ0) is 23.2. The summed E-state index contributed by atoms with van der Waals surface area (Å²) in [6, 6.07) is 17.4. The number of ether oxygens (including phenoxy) is 1. The first kappa shape index (κ1) is 21.3. The fourth-order valence-corrected chi connectivity index (χ4v) is 5.61. The second-order valence-corrected chi connectivity index (χ2v) is 9.75. The van der Waals surface area contributed by atoms with E-state index in [1.54, 1.807) is 48.5 Å². The Morgan fingerprint density at radius 1 is 0.939 bits per heavy atom. The third-order valence-electron chi connectivity index (χ3n) is 5.45. The summed E-state index contributed by atoms with van der Waals surface area (Å²) in [5.41, 5.74) is -0.533. The van der Waals surface area contributed by atoms with E-state index in [0.717, 1.165) is 4.57 Å². The summed E-state index contributed by atoms with van der Waals surface area (Å²) in [5, 5.41) is 0.344. The highest BCUT2D eigenvalue weighted by molar-refractivity contribution is 7.92. The molecule has 0 fully saturated rings. The number of sulfonamides is 1. The van der Waals surface area contributed by atoms with Crippen LogP contribution in [-0.2, 0) is 10.0 Å². The van der Waals surface area contributed by atoms with Crippen molar-refractivity contribution in [1.29, 1.82) is 0 Å². The predicted octanol–water partition coefficient (Wildman–Crippen LogP) is 3.31. The molecule has 2 heterocycles. The van der Waals surface area contributed by atoms with Gasteiger partial charge in [-0.15, -0.1) is 0 Å². The van der Waals surface area contributed by atoms with Crippen LogP contribution < -0.4 is 20.3 Å². The SMILES string of the molecule is O=c1[nH]c2ccccc2c(=O)n1-c1cc(S(=O)(=O)N2CCCOc3ccccc32)ccc1Cl. The first-order valence-electron chi connectivity index (χ1n) is 10.2. The Morgan fingerprint density at radius 3 is 2.55 bits per heavy atom. The molecule has 10 heteroatoms. The van der Waals surface area contributed by atoms with Crippen molar-refractivity contribution in [2.45, 2.75) is 11.3 Å². The second-order valence-electron chi connectivity index (χ2n) is 7.48. The van der Waals surface area contributed by atoms with Crippen LogP contribution in [0.1, 0.15) is 6.42 Å². The van der Waals surface area contributed by atoms with E-state index in [2.05, 4.69) is 4.98 Å². The van der Waals surface area contributed by atoms with E-state index in [4.69, 9.17) is 16.3 Å². The quantitative estimate of drug-likeness (QED) is 0.481. The van der Waals surface area contributed by atoms with Crippen LogP contribution >= 0.6 is 11.6 Å². The molecule has 8 nitrogen and oxygen atoms in total. The number of anilines is 1. The molecule has 0 saturated heterocycles. The van der Waals surface area contributed by atoms with Gasteiger partial charge in [-0.3, -0.25) is 9.10 Å². The molecule has 0 radical (unpaired) electrons. The van der Waals surface area contributed by atoms with Crippen LogP contribution in [0.3, 0.4) is 0 Å². The number of para-hydroxylation sites is 3. The van der Waals surface area contributed by atoms with Crippen LogP contribution in [0.2, 0.25) is 5.02 Å². The largest absolute Gasteiger partial charge is 0.491 e. The molecule has 1 N–H and O–H groups in total. The molecule has 0 spiro atoms. The topological polar surface area (TPSA) is 101 Å². The van der Waals surface area contributed by atoms with E-state index < -0.39 is 21.3 Å². The van der Waals surface area contributed by atoms with Crippen molar-refractivity contribution in [2.24, 2.45) is 0 Å². The number of aromatic nitrogens is 2. The minimum Gasteiger partial charge on any atom is -0.491 e. The minimum atomic E-state index is -4.05. The number of halogens is 1. The number of fused-ring (bicyclic) bond motifs is 2. The Labute approximate surface area is 193 Å². The van der Waals surface area contributed by atoms with Crippen molar-refractivity contribution in [2.75, 3.05) is 17.5 Å². The Hall–Kier alpha value is -3.56. The smallest absolute Gasteiger partial charge is 0.333 e. The lowest BCUT2D eigenvalue weighted by Crippen LogP contribution is -2.34. The summed E-state index contributed by atoms with van der Waals surface area (Å²) in [6.45, 7) is 0.602.